The van der Waals surface area contributed by atoms with Gasteiger partial charge < -0.3 is 9.80 Å². The van der Waals surface area contributed by atoms with E-state index in [2.05, 4.69) is 216 Å². The summed E-state index contributed by atoms with van der Waals surface area (Å²) < 4.78 is 0. The minimum atomic E-state index is -1.51. The summed E-state index contributed by atoms with van der Waals surface area (Å²) in [6.07, 6.45) is 0. The number of rotatable bonds is 10. The largest absolute Gasteiger partial charge is 0.309 e. The van der Waals surface area contributed by atoms with Gasteiger partial charge >= 0.3 is 0 Å². The molecule has 0 aliphatic carbocycles. The Labute approximate surface area is 328 Å². The summed E-state index contributed by atoms with van der Waals surface area (Å²) in [6, 6.07) is 47.9. The predicted octanol–water partition coefficient (Wildman–Crippen LogP) is 12.6. The summed E-state index contributed by atoms with van der Waals surface area (Å²) in [5.41, 5.74) is 6.35. The van der Waals surface area contributed by atoms with Crippen LogP contribution in [0.15, 0.2) is 127 Å². The predicted molar refractivity (Wildman–Crippen MR) is 250 cm³/mol. The molecule has 0 spiro atoms. The van der Waals surface area contributed by atoms with Crippen LogP contribution in [0.4, 0.5) is 34.1 Å². The number of hydrogen-bond acceptors (Lipinski definition) is 2. The van der Waals surface area contributed by atoms with Gasteiger partial charge in [0.15, 0.2) is 0 Å². The molecule has 0 atom stereocenters. The van der Waals surface area contributed by atoms with Crippen LogP contribution in [-0.4, -0.2) is 32.3 Å². The summed E-state index contributed by atoms with van der Waals surface area (Å²) >= 11 is 7.94. The molecule has 7 heteroatoms. The van der Waals surface area contributed by atoms with Crippen molar-refractivity contribution in [3.63, 3.8) is 0 Å². The van der Waals surface area contributed by atoms with Crippen molar-refractivity contribution in [1.82, 2.24) is 0 Å². The van der Waals surface area contributed by atoms with Crippen molar-refractivity contribution in [2.75, 3.05) is 9.80 Å². The van der Waals surface area contributed by atoms with E-state index in [1.54, 1.807) is 0 Å². The van der Waals surface area contributed by atoms with Crippen LogP contribution in [0.3, 0.4) is 0 Å². The van der Waals surface area contributed by atoms with Crippen LogP contribution in [0.25, 0.3) is 10.8 Å². The summed E-state index contributed by atoms with van der Waals surface area (Å²) in [7, 11) is -6.01. The van der Waals surface area contributed by atoms with Crippen LogP contribution in [0, 0.1) is 0 Å². The molecule has 0 radical (unpaired) electrons. The number of nitrogens with zero attached hydrogens (tertiary/aromatic N) is 2. The lowest BCUT2D eigenvalue weighted by atomic mass is 10.0. The van der Waals surface area contributed by atoms with E-state index in [0.717, 1.165) is 49.9 Å². The van der Waals surface area contributed by atoms with Gasteiger partial charge in [0.2, 0.25) is 0 Å². The minimum absolute atomic E-state index is 0.718. The van der Waals surface area contributed by atoms with Gasteiger partial charge in [0.25, 0.3) is 0 Å². The first kappa shape index (κ1) is 39.0. The second-order valence-corrected chi connectivity index (χ2v) is 39.3. The molecule has 0 unspecified atom stereocenters. The van der Waals surface area contributed by atoms with Gasteiger partial charge in [-0.2, -0.15) is 0 Å². The zero-order valence-corrected chi connectivity index (χ0v) is 38.7. The first-order chi connectivity index (χ1) is 24.7. The highest BCUT2D eigenvalue weighted by Gasteiger charge is 2.27. The van der Waals surface area contributed by atoms with Crippen molar-refractivity contribution in [2.45, 2.75) is 78.6 Å². The van der Waals surface area contributed by atoms with Gasteiger partial charge in [-0.25, -0.2) is 0 Å². The molecule has 0 aliphatic heterocycles. The first-order valence-corrected chi connectivity index (χ1v) is 33.3. The number of halogens is 1. The van der Waals surface area contributed by atoms with E-state index in [1.807, 2.05) is 0 Å². The molecule has 6 aromatic carbocycles. The van der Waals surface area contributed by atoms with Gasteiger partial charge in [-0.1, -0.05) is 184 Å². The van der Waals surface area contributed by atoms with Crippen LogP contribution < -0.4 is 30.5 Å². The lowest BCUT2D eigenvalue weighted by molar-refractivity contribution is 1.26. The Kier molecular flexibility index (Phi) is 10.7. The molecule has 274 valence electrons. The van der Waals surface area contributed by atoms with Crippen molar-refractivity contribution in [2.24, 2.45) is 0 Å². The monoisotopic (exact) mass is 784 g/mol. The molecule has 0 saturated carbocycles. The minimum Gasteiger partial charge on any atom is -0.309 e. The van der Waals surface area contributed by atoms with Crippen molar-refractivity contribution < 1.29 is 0 Å². The molecule has 0 heterocycles. The van der Waals surface area contributed by atoms with E-state index in [0.29, 0.717) is 0 Å². The van der Waals surface area contributed by atoms with E-state index < -0.39 is 32.3 Å². The maximum atomic E-state index is 7.94. The zero-order valence-electron chi connectivity index (χ0n) is 33.9. The average molecular weight is 786 g/mol. The van der Waals surface area contributed by atoms with Crippen LogP contribution >= 0.6 is 11.6 Å². The molecule has 0 aromatic heterocycles. The van der Waals surface area contributed by atoms with Gasteiger partial charge in [-0.05, 0) is 60.0 Å². The van der Waals surface area contributed by atoms with E-state index in [4.69, 9.17) is 11.6 Å². The Bertz CT molecular complexity index is 2090. The quantitative estimate of drug-likeness (QED) is 0.128. The molecule has 6 rings (SSSR count). The molecule has 0 amide bonds. The zero-order chi connectivity index (χ0) is 38.5. The molecule has 6 aromatic rings. The third kappa shape index (κ3) is 8.37. The van der Waals surface area contributed by atoms with Gasteiger partial charge in [-0.15, -0.1) is 0 Å². The molecular formula is C46H57ClN2Si4. The standard InChI is InChI=1S/C46H57ClN2Si4/c1-50(2,3)39-25-17-35(18-26-39)48(36-19-27-40(28-20-36)51(4,5)6)44-33-34-15-13-14-16-43(34)46(45(44)47)49(37-21-29-41(30-22-37)52(7,8)9)38-23-31-42(32-24-38)53(10,11)12/h13-33H,1-12H3. The van der Waals surface area contributed by atoms with E-state index in [-0.39, 0.29) is 0 Å². The SMILES string of the molecule is C[Si](C)(C)c1ccc(N(c2ccc([Si](C)(C)C)cc2)c2cc3ccccc3c(N(c3ccc([Si](C)(C)C)cc3)c3ccc([Si](C)(C)C)cc3)c2Cl)cc1. The second kappa shape index (κ2) is 14.5. The van der Waals surface area contributed by atoms with Crippen molar-refractivity contribution in [3.8, 4) is 0 Å². The van der Waals surface area contributed by atoms with Gasteiger partial charge in [0, 0.05) is 28.1 Å². The van der Waals surface area contributed by atoms with Gasteiger partial charge in [0.1, 0.15) is 0 Å². The van der Waals surface area contributed by atoms with Crippen molar-refractivity contribution >= 4 is 110 Å². The highest BCUT2D eigenvalue weighted by molar-refractivity contribution is 6.90. The molecule has 0 aliphatic rings. The van der Waals surface area contributed by atoms with Gasteiger partial charge in [0.05, 0.1) is 48.7 Å². The maximum Gasteiger partial charge on any atom is 0.0893 e. The Balaban J connectivity index is 1.65. The summed E-state index contributed by atoms with van der Waals surface area (Å²) in [5.74, 6) is 0. The topological polar surface area (TPSA) is 6.48 Å². The molecular weight excluding hydrogens is 728 g/mol. The lowest BCUT2D eigenvalue weighted by Gasteiger charge is -2.33. The first-order valence-electron chi connectivity index (χ1n) is 19.0. The molecule has 0 fully saturated rings. The fourth-order valence-electron chi connectivity index (χ4n) is 6.95. The number of fused-ring (bicyclic) bond motifs is 1. The Hall–Kier alpha value is -3.66. The Morgan fingerprint density at radius 2 is 0.679 bits per heavy atom. The summed E-state index contributed by atoms with van der Waals surface area (Å²) in [4.78, 5) is 4.75. The van der Waals surface area contributed by atoms with Crippen LogP contribution in [0.1, 0.15) is 0 Å². The van der Waals surface area contributed by atoms with E-state index in [9.17, 15) is 0 Å². The summed E-state index contributed by atoms with van der Waals surface area (Å²) in [6.45, 7) is 28.9. The van der Waals surface area contributed by atoms with Crippen LogP contribution in [0.5, 0.6) is 0 Å². The average Bonchev–Trinajstić information content (AvgIpc) is 3.09. The molecule has 0 bridgehead atoms. The second-order valence-electron chi connectivity index (χ2n) is 18.6. The number of benzene rings is 6. The van der Waals surface area contributed by atoms with E-state index in [1.165, 1.54) is 20.7 Å². The highest BCUT2D eigenvalue weighted by atomic mass is 35.5. The van der Waals surface area contributed by atoms with Gasteiger partial charge in [-0.3, -0.25) is 0 Å². The van der Waals surface area contributed by atoms with Crippen molar-refractivity contribution in [1.29, 1.82) is 0 Å². The smallest absolute Gasteiger partial charge is 0.0893 e. The maximum absolute atomic E-state index is 7.94. The van der Waals surface area contributed by atoms with Crippen molar-refractivity contribution in [3.05, 3.63) is 132 Å². The molecule has 53 heavy (non-hydrogen) atoms. The number of hydrogen-bond donors (Lipinski definition) is 0. The molecule has 0 N–H and O–H groups in total. The number of anilines is 6. The fourth-order valence-corrected chi connectivity index (χ4v) is 11.9. The normalized spacial score (nSPS) is 12.6. The van der Waals surface area contributed by atoms with Crippen LogP contribution in [0.2, 0.25) is 83.6 Å². The molecule has 0 saturated heterocycles. The highest BCUT2D eigenvalue weighted by Crippen LogP contribution is 2.50. The Morgan fingerprint density at radius 3 is 1.00 bits per heavy atom. The lowest BCUT2D eigenvalue weighted by Crippen LogP contribution is -2.37. The van der Waals surface area contributed by atoms with E-state index >= 15 is 0 Å². The Morgan fingerprint density at radius 1 is 0.377 bits per heavy atom. The fraction of sp³-hybridized carbons (Fsp3) is 0.261. The summed E-state index contributed by atoms with van der Waals surface area (Å²) in [5, 5.41) is 8.74. The molecule has 2 nitrogen and oxygen atoms in total. The van der Waals surface area contributed by atoms with Crippen LogP contribution in [-0.2, 0) is 0 Å². The third-order valence-corrected chi connectivity index (χ3v) is 19.0. The third-order valence-electron chi connectivity index (χ3n) is 10.4.